The number of aromatic nitrogens is 3. The lowest BCUT2D eigenvalue weighted by Crippen LogP contribution is -2.47. The lowest BCUT2D eigenvalue weighted by molar-refractivity contribution is 0.258. The first-order valence-electron chi connectivity index (χ1n) is 10.8. The largest absolute Gasteiger partial charge is 0.352 e. The van der Waals surface area contributed by atoms with Crippen LogP contribution in [0.5, 0.6) is 0 Å². The van der Waals surface area contributed by atoms with Crippen LogP contribution in [0.2, 0.25) is 5.02 Å². The Bertz CT molecular complexity index is 1100. The molecule has 174 valence electrons. The molecule has 0 unspecified atom stereocenters. The van der Waals surface area contributed by atoms with Crippen molar-refractivity contribution in [2.75, 3.05) is 47.8 Å². The normalized spacial score (nSPS) is 14.4. The van der Waals surface area contributed by atoms with E-state index >= 15 is 0 Å². The lowest BCUT2D eigenvalue weighted by Gasteiger charge is -2.36. The summed E-state index contributed by atoms with van der Waals surface area (Å²) in [5, 5.41) is 5.69. The van der Waals surface area contributed by atoms with Crippen molar-refractivity contribution < 1.29 is 4.79 Å². The van der Waals surface area contributed by atoms with E-state index in [1.54, 1.807) is 24.5 Å². The number of nitrogens with zero attached hydrogens (tertiary/aromatic N) is 6. The van der Waals surface area contributed by atoms with Crippen molar-refractivity contribution in [3.63, 3.8) is 0 Å². The second kappa shape index (κ2) is 10.4. The average molecular weight is 487 g/mol. The van der Waals surface area contributed by atoms with E-state index in [1.807, 2.05) is 18.4 Å². The summed E-state index contributed by atoms with van der Waals surface area (Å²) in [6, 6.07) is 4.95. The maximum absolute atomic E-state index is 13.6. The SMILES string of the molecule is CCN1CCN(c2nc(C)ncc2N(C(=O)Nc2c(Cl)cccc2CN)c2nccs2)CC1. The number of amides is 2. The molecule has 0 saturated carbocycles. The van der Waals surface area contributed by atoms with Crippen LogP contribution in [0.15, 0.2) is 36.0 Å². The number of hydrogen-bond acceptors (Lipinski definition) is 8. The molecule has 33 heavy (non-hydrogen) atoms. The number of anilines is 4. The molecule has 0 spiro atoms. The van der Waals surface area contributed by atoms with E-state index in [0.717, 1.165) is 38.3 Å². The smallest absolute Gasteiger partial charge is 0.333 e. The van der Waals surface area contributed by atoms with Crippen LogP contribution in [0.4, 0.5) is 27.1 Å². The number of carbonyl (C=O) groups excluding carboxylic acids is 1. The number of aryl methyl sites for hydroxylation is 1. The maximum Gasteiger partial charge on any atom is 0.333 e. The highest BCUT2D eigenvalue weighted by atomic mass is 35.5. The van der Waals surface area contributed by atoms with Gasteiger partial charge >= 0.3 is 6.03 Å². The van der Waals surface area contributed by atoms with E-state index in [0.29, 0.717) is 33.2 Å². The van der Waals surface area contributed by atoms with E-state index in [-0.39, 0.29) is 6.54 Å². The van der Waals surface area contributed by atoms with Crippen molar-refractivity contribution in [1.82, 2.24) is 19.9 Å². The van der Waals surface area contributed by atoms with Crippen molar-refractivity contribution in [3.8, 4) is 0 Å². The number of benzene rings is 1. The minimum atomic E-state index is -0.409. The molecule has 11 heteroatoms. The molecular weight excluding hydrogens is 460 g/mol. The molecule has 1 aromatic carbocycles. The number of nitrogens with one attached hydrogen (secondary N) is 1. The Morgan fingerprint density at radius 1 is 1.27 bits per heavy atom. The Labute approximate surface area is 202 Å². The molecule has 1 aliphatic heterocycles. The molecule has 0 radical (unpaired) electrons. The number of likely N-dealkylation sites (N-methyl/N-ethyl adjacent to an activating group) is 1. The minimum Gasteiger partial charge on any atom is -0.352 e. The van der Waals surface area contributed by atoms with Crippen LogP contribution < -0.4 is 20.9 Å². The van der Waals surface area contributed by atoms with Gasteiger partial charge in [0.25, 0.3) is 0 Å². The van der Waals surface area contributed by atoms with Gasteiger partial charge in [0, 0.05) is 44.3 Å². The Morgan fingerprint density at radius 3 is 2.73 bits per heavy atom. The Balaban J connectivity index is 1.73. The molecule has 2 amide bonds. The summed E-state index contributed by atoms with van der Waals surface area (Å²) in [6.07, 6.45) is 3.34. The van der Waals surface area contributed by atoms with E-state index < -0.39 is 6.03 Å². The van der Waals surface area contributed by atoms with Gasteiger partial charge < -0.3 is 20.9 Å². The van der Waals surface area contributed by atoms with Gasteiger partial charge in [0.05, 0.1) is 16.9 Å². The van der Waals surface area contributed by atoms with Crippen molar-refractivity contribution in [3.05, 3.63) is 52.4 Å². The summed E-state index contributed by atoms with van der Waals surface area (Å²) >= 11 is 7.75. The van der Waals surface area contributed by atoms with Gasteiger partial charge in [-0.2, -0.15) is 0 Å². The Kier molecular flexibility index (Phi) is 7.39. The minimum absolute atomic E-state index is 0.244. The number of para-hydroxylation sites is 1. The molecular formula is C22H27ClN8OS. The first kappa shape index (κ1) is 23.4. The molecule has 3 N–H and O–H groups in total. The number of thiazole rings is 1. The van der Waals surface area contributed by atoms with Gasteiger partial charge in [-0.05, 0) is 25.1 Å². The molecule has 2 aromatic heterocycles. The number of urea groups is 1. The summed E-state index contributed by atoms with van der Waals surface area (Å²) in [5.74, 6) is 1.35. The predicted molar refractivity (Wildman–Crippen MR) is 134 cm³/mol. The average Bonchev–Trinajstić information content (AvgIpc) is 3.36. The van der Waals surface area contributed by atoms with Crippen molar-refractivity contribution in [2.45, 2.75) is 20.4 Å². The van der Waals surface area contributed by atoms with Crippen molar-refractivity contribution >= 4 is 51.3 Å². The van der Waals surface area contributed by atoms with Crippen molar-refractivity contribution in [2.24, 2.45) is 5.73 Å². The third-order valence-electron chi connectivity index (χ3n) is 5.60. The lowest BCUT2D eigenvalue weighted by atomic mass is 10.2. The molecule has 9 nitrogen and oxygen atoms in total. The van der Waals surface area contributed by atoms with Gasteiger partial charge in [-0.15, -0.1) is 11.3 Å². The van der Waals surface area contributed by atoms with E-state index in [9.17, 15) is 4.79 Å². The van der Waals surface area contributed by atoms with Gasteiger partial charge in [0.15, 0.2) is 10.9 Å². The highest BCUT2D eigenvalue weighted by Gasteiger charge is 2.29. The van der Waals surface area contributed by atoms with Gasteiger partial charge in [-0.25, -0.2) is 24.6 Å². The van der Waals surface area contributed by atoms with Crippen molar-refractivity contribution in [1.29, 1.82) is 0 Å². The zero-order valence-corrected chi connectivity index (χ0v) is 20.2. The summed E-state index contributed by atoms with van der Waals surface area (Å²) < 4.78 is 0. The number of rotatable bonds is 6. The van der Waals surface area contributed by atoms with Crippen LogP contribution in [0.25, 0.3) is 0 Å². The first-order valence-corrected chi connectivity index (χ1v) is 12.1. The van der Waals surface area contributed by atoms with Gasteiger partial charge in [-0.1, -0.05) is 30.7 Å². The summed E-state index contributed by atoms with van der Waals surface area (Å²) in [7, 11) is 0. The summed E-state index contributed by atoms with van der Waals surface area (Å²) in [4.78, 5) is 33.3. The van der Waals surface area contributed by atoms with E-state index in [4.69, 9.17) is 22.3 Å². The van der Waals surface area contributed by atoms with E-state index in [1.165, 1.54) is 16.2 Å². The number of carbonyl (C=O) groups is 1. The quantitative estimate of drug-likeness (QED) is 0.545. The highest BCUT2D eigenvalue weighted by molar-refractivity contribution is 7.13. The van der Waals surface area contributed by atoms with Crippen LogP contribution in [0, 0.1) is 6.92 Å². The fraction of sp³-hybridized carbons (Fsp3) is 0.364. The molecule has 1 fully saturated rings. The topological polar surface area (TPSA) is 104 Å². The monoisotopic (exact) mass is 486 g/mol. The third-order valence-corrected chi connectivity index (χ3v) is 6.67. The number of nitrogens with two attached hydrogens (primary N) is 1. The molecule has 0 atom stereocenters. The van der Waals surface area contributed by atoms with Gasteiger partial charge in [0.1, 0.15) is 11.5 Å². The molecule has 1 aliphatic rings. The highest BCUT2D eigenvalue weighted by Crippen LogP contribution is 2.36. The second-order valence-corrected chi connectivity index (χ2v) is 8.89. The second-order valence-electron chi connectivity index (χ2n) is 7.61. The first-order chi connectivity index (χ1) is 16.0. The molecule has 0 aliphatic carbocycles. The molecule has 4 rings (SSSR count). The standard InChI is InChI=1S/C22H27ClN8OS/c1-3-29-8-10-30(11-9-29)20-18(14-26-15(2)27-20)31(22-25-7-12-33-22)21(32)28-19-16(13-24)5-4-6-17(19)23/h4-7,12,14H,3,8-11,13,24H2,1-2H3,(H,28,32). The van der Waals surface area contributed by atoms with Crippen LogP contribution >= 0.6 is 22.9 Å². The van der Waals surface area contributed by atoms with Crippen LogP contribution in [-0.4, -0.2) is 58.6 Å². The predicted octanol–water partition coefficient (Wildman–Crippen LogP) is 3.87. The van der Waals surface area contributed by atoms with Crippen LogP contribution in [0.1, 0.15) is 18.3 Å². The fourth-order valence-corrected chi connectivity index (χ4v) is 4.68. The molecule has 0 bridgehead atoms. The van der Waals surface area contributed by atoms with Gasteiger partial charge in [0.2, 0.25) is 0 Å². The maximum atomic E-state index is 13.6. The van der Waals surface area contributed by atoms with E-state index in [2.05, 4.69) is 32.0 Å². The van der Waals surface area contributed by atoms with Crippen LogP contribution in [-0.2, 0) is 6.54 Å². The zero-order chi connectivity index (χ0) is 23.4. The van der Waals surface area contributed by atoms with Gasteiger partial charge in [-0.3, -0.25) is 0 Å². The molecule has 1 saturated heterocycles. The molecule has 3 aromatic rings. The van der Waals surface area contributed by atoms with Crippen LogP contribution in [0.3, 0.4) is 0 Å². The number of piperazine rings is 1. The Morgan fingerprint density at radius 2 is 2.06 bits per heavy atom. The molecule has 3 heterocycles. The number of hydrogen-bond donors (Lipinski definition) is 2. The summed E-state index contributed by atoms with van der Waals surface area (Å²) in [5.41, 5.74) is 7.67. The summed E-state index contributed by atoms with van der Waals surface area (Å²) in [6.45, 7) is 8.75. The third kappa shape index (κ3) is 5.09. The number of halogens is 1. The zero-order valence-electron chi connectivity index (χ0n) is 18.7. The fourth-order valence-electron chi connectivity index (χ4n) is 3.79. The Hall–Kier alpha value is -2.79.